The Morgan fingerprint density at radius 2 is 1.77 bits per heavy atom. The molecule has 2 aromatic carbocycles. The average molecular weight is 437 g/mol. The molecule has 1 amide bonds. The van der Waals surface area contributed by atoms with E-state index in [-0.39, 0.29) is 15.4 Å². The lowest BCUT2D eigenvalue weighted by molar-refractivity contribution is 0.140. The molecular formula is C23H36N2O4S. The molecule has 0 radical (unpaired) electrons. The highest BCUT2D eigenvalue weighted by molar-refractivity contribution is 7.90. The molecule has 0 aromatic heterocycles. The molecule has 0 saturated heterocycles. The third kappa shape index (κ3) is 7.80. The number of rotatable bonds is 11. The summed E-state index contributed by atoms with van der Waals surface area (Å²) in [5, 5.41) is 2.36. The van der Waals surface area contributed by atoms with Gasteiger partial charge < -0.3 is 10.1 Å². The van der Waals surface area contributed by atoms with Crippen LogP contribution in [0.4, 0.5) is 4.79 Å². The highest BCUT2D eigenvalue weighted by atomic mass is 32.2. The summed E-state index contributed by atoms with van der Waals surface area (Å²) in [4.78, 5) is 11.8. The Morgan fingerprint density at radius 3 is 2.47 bits per heavy atom. The first-order valence-corrected chi connectivity index (χ1v) is 11.9. The van der Waals surface area contributed by atoms with Crippen LogP contribution < -0.4 is 10.0 Å². The molecule has 2 atom stereocenters. The molecule has 0 aliphatic rings. The lowest BCUT2D eigenvalue weighted by atomic mass is 9.98. The van der Waals surface area contributed by atoms with Crippen LogP contribution in [0.15, 0.2) is 54.6 Å². The van der Waals surface area contributed by atoms with E-state index in [9.17, 15) is 13.2 Å². The number of hydrogen-bond acceptors (Lipinski definition) is 4. The van der Waals surface area contributed by atoms with Crippen molar-refractivity contribution in [2.45, 2.75) is 51.4 Å². The monoisotopic (exact) mass is 436 g/mol. The molecule has 0 fully saturated rings. The van der Waals surface area contributed by atoms with Gasteiger partial charge in [0.1, 0.15) is 6.61 Å². The maximum absolute atomic E-state index is 12.2. The van der Waals surface area contributed by atoms with Crippen LogP contribution >= 0.6 is 0 Å². The van der Waals surface area contributed by atoms with Gasteiger partial charge in [-0.05, 0) is 42.4 Å². The van der Waals surface area contributed by atoms with E-state index in [0.717, 1.165) is 16.7 Å². The average Bonchev–Trinajstić information content (AvgIpc) is 2.76. The Labute approximate surface area is 183 Å². The van der Waals surface area contributed by atoms with E-state index in [4.69, 9.17) is 4.74 Å². The predicted molar refractivity (Wildman–Crippen MR) is 124 cm³/mol. The molecule has 0 saturated carbocycles. The van der Waals surface area contributed by atoms with Crippen LogP contribution in [0, 0.1) is 0 Å². The van der Waals surface area contributed by atoms with E-state index in [1.807, 2.05) is 62.4 Å². The third-order valence-electron chi connectivity index (χ3n) is 5.11. The molecule has 2 rings (SSSR count). The fourth-order valence-corrected chi connectivity index (χ4v) is 4.06. The van der Waals surface area contributed by atoms with Crippen molar-refractivity contribution in [3.63, 3.8) is 0 Å². The van der Waals surface area contributed by atoms with Crippen molar-refractivity contribution in [1.82, 2.24) is 10.0 Å². The van der Waals surface area contributed by atoms with Crippen LogP contribution in [0.1, 0.15) is 52.7 Å². The number of alkyl carbamates (subject to hydrolysis) is 1. The smallest absolute Gasteiger partial charge is 0.407 e. The first kappa shape index (κ1) is 23.9. The molecule has 2 aromatic rings. The van der Waals surface area contributed by atoms with Crippen LogP contribution in [0.2, 0.25) is 0 Å². The van der Waals surface area contributed by atoms with E-state index < -0.39 is 21.4 Å². The SMILES string of the molecule is CCC(C)S(=O)(=O)NCC(C)c1cccc(CCNC(=O)OCc2ccccc2)c1.[HH].[HH]. The minimum atomic E-state index is -3.28. The predicted octanol–water partition coefficient (Wildman–Crippen LogP) is 4.47. The van der Waals surface area contributed by atoms with E-state index in [1.165, 1.54) is 0 Å². The van der Waals surface area contributed by atoms with Gasteiger partial charge in [-0.15, -0.1) is 0 Å². The van der Waals surface area contributed by atoms with Crippen LogP contribution in [0.3, 0.4) is 0 Å². The Morgan fingerprint density at radius 1 is 1.07 bits per heavy atom. The van der Waals surface area contributed by atoms with E-state index in [2.05, 4.69) is 16.1 Å². The molecule has 0 bridgehead atoms. The molecule has 30 heavy (non-hydrogen) atoms. The van der Waals surface area contributed by atoms with E-state index >= 15 is 0 Å². The second-order valence-electron chi connectivity index (χ2n) is 7.50. The van der Waals surface area contributed by atoms with Crippen LogP contribution in [0.5, 0.6) is 0 Å². The molecule has 0 aliphatic heterocycles. The Kier molecular flexibility index (Phi) is 9.33. The normalized spacial score (nSPS) is 13.4. The number of nitrogens with one attached hydrogen (secondary N) is 2. The van der Waals surface area contributed by atoms with Gasteiger partial charge in [0.25, 0.3) is 0 Å². The maximum atomic E-state index is 12.2. The lowest BCUT2D eigenvalue weighted by Crippen LogP contribution is -2.34. The Balaban J connectivity index is 0.00000480. The summed E-state index contributed by atoms with van der Waals surface area (Å²) in [6.07, 6.45) is 0.808. The van der Waals surface area contributed by atoms with Crippen LogP contribution in [0.25, 0.3) is 0 Å². The second kappa shape index (κ2) is 11.7. The molecule has 168 valence electrons. The summed E-state index contributed by atoms with van der Waals surface area (Å²) in [7, 11) is -3.28. The molecular weight excluding hydrogens is 400 g/mol. The summed E-state index contributed by atoms with van der Waals surface area (Å²) < 4.78 is 32.2. The van der Waals surface area contributed by atoms with Gasteiger partial charge >= 0.3 is 6.09 Å². The van der Waals surface area contributed by atoms with Gasteiger partial charge in [0.15, 0.2) is 0 Å². The molecule has 7 heteroatoms. The molecule has 2 unspecified atom stereocenters. The minimum absolute atomic E-state index is 0. The van der Waals surface area contributed by atoms with Gasteiger partial charge in [-0.2, -0.15) is 0 Å². The molecule has 0 spiro atoms. The van der Waals surface area contributed by atoms with Gasteiger partial charge in [-0.1, -0.05) is 68.4 Å². The molecule has 2 N–H and O–H groups in total. The first-order chi connectivity index (χ1) is 14.3. The molecule has 0 heterocycles. The second-order valence-corrected chi connectivity index (χ2v) is 9.68. The first-order valence-electron chi connectivity index (χ1n) is 10.3. The summed E-state index contributed by atoms with van der Waals surface area (Å²) in [6.45, 7) is 6.64. The highest BCUT2D eigenvalue weighted by Crippen LogP contribution is 2.17. The van der Waals surface area contributed by atoms with Gasteiger partial charge in [-0.3, -0.25) is 0 Å². The number of amides is 1. The number of carbonyl (C=O) groups excluding carboxylic acids is 1. The zero-order valence-corrected chi connectivity index (χ0v) is 18.7. The van der Waals surface area contributed by atoms with E-state index in [1.54, 1.807) is 6.92 Å². The van der Waals surface area contributed by atoms with Crippen molar-refractivity contribution in [1.29, 1.82) is 0 Å². The topological polar surface area (TPSA) is 84.5 Å². The zero-order chi connectivity index (χ0) is 22.0. The summed E-state index contributed by atoms with van der Waals surface area (Å²) in [5.41, 5.74) is 3.08. The number of hydrogen-bond donors (Lipinski definition) is 2. The molecule has 6 nitrogen and oxygen atoms in total. The minimum Gasteiger partial charge on any atom is -0.445 e. The Hall–Kier alpha value is -2.38. The fraction of sp³-hybridized carbons (Fsp3) is 0.435. The largest absolute Gasteiger partial charge is 0.445 e. The number of carbonyl (C=O) groups is 1. The van der Waals surface area contributed by atoms with Crippen LogP contribution in [-0.2, 0) is 27.8 Å². The van der Waals surface area contributed by atoms with Crippen molar-refractivity contribution in [2.75, 3.05) is 13.1 Å². The maximum Gasteiger partial charge on any atom is 0.407 e. The number of sulfonamides is 1. The lowest BCUT2D eigenvalue weighted by Gasteiger charge is -2.17. The van der Waals surface area contributed by atoms with Crippen molar-refractivity contribution < 1.29 is 20.8 Å². The van der Waals surface area contributed by atoms with Gasteiger partial charge in [0.2, 0.25) is 10.0 Å². The molecule has 0 aliphatic carbocycles. The highest BCUT2D eigenvalue weighted by Gasteiger charge is 2.19. The third-order valence-corrected chi connectivity index (χ3v) is 7.07. The quantitative estimate of drug-likeness (QED) is 0.544. The van der Waals surface area contributed by atoms with Gasteiger partial charge in [-0.25, -0.2) is 17.9 Å². The van der Waals surface area contributed by atoms with Crippen LogP contribution in [-0.4, -0.2) is 32.9 Å². The van der Waals surface area contributed by atoms with E-state index in [0.29, 0.717) is 25.9 Å². The summed E-state index contributed by atoms with van der Waals surface area (Å²) in [5.74, 6) is 0.0487. The standard InChI is InChI=1S/C23H32N2O4S.2H2/c1-4-19(3)30(27,28)25-16-18(2)22-12-8-11-20(15-22)13-14-24-23(26)29-17-21-9-6-5-7-10-21;;/h5-12,15,18-19,25H,4,13-14,16-17H2,1-3H3,(H,24,26);2*1H. The zero-order valence-electron chi connectivity index (χ0n) is 17.9. The number of benzene rings is 2. The van der Waals surface area contributed by atoms with Crippen molar-refractivity contribution in [3.8, 4) is 0 Å². The van der Waals surface area contributed by atoms with Crippen molar-refractivity contribution >= 4 is 16.1 Å². The summed E-state index contributed by atoms with van der Waals surface area (Å²) in [6, 6.07) is 17.5. The van der Waals surface area contributed by atoms with Gasteiger partial charge in [0.05, 0.1) is 5.25 Å². The fourth-order valence-electron chi connectivity index (χ4n) is 2.86. The van der Waals surface area contributed by atoms with Crippen molar-refractivity contribution in [2.24, 2.45) is 0 Å². The van der Waals surface area contributed by atoms with Crippen molar-refractivity contribution in [3.05, 3.63) is 71.3 Å². The van der Waals surface area contributed by atoms with Gasteiger partial charge in [0, 0.05) is 15.9 Å². The summed E-state index contributed by atoms with van der Waals surface area (Å²) >= 11 is 0. The Bertz CT molecular complexity index is 911. The number of ether oxygens (including phenoxy) is 1.